The molecule has 0 aromatic heterocycles. The van der Waals surface area contributed by atoms with Crippen molar-refractivity contribution in [2.75, 3.05) is 64.8 Å². The van der Waals surface area contributed by atoms with Crippen LogP contribution >= 0.6 is 0 Å². The van der Waals surface area contributed by atoms with Crippen molar-refractivity contribution in [2.45, 2.75) is 19.4 Å². The van der Waals surface area contributed by atoms with E-state index in [9.17, 15) is 4.79 Å². The predicted molar refractivity (Wildman–Crippen MR) is 101 cm³/mol. The SMILES string of the molecule is CN1CCN(CC2CCN(c3ccc4c(c3)CN(C)C4=O)CC2)CC1. The number of rotatable bonds is 3. The van der Waals surface area contributed by atoms with E-state index >= 15 is 0 Å². The lowest BCUT2D eigenvalue weighted by Crippen LogP contribution is -2.47. The maximum Gasteiger partial charge on any atom is 0.254 e. The standard InChI is InChI=1S/C20H30N4O/c1-21-9-11-23(12-10-21)14-16-5-7-24(8-6-16)18-3-4-19-17(13-18)15-22(2)20(19)25/h3-4,13,16H,5-12,14-15H2,1-2H3. The number of likely N-dealkylation sites (N-methyl/N-ethyl adjacent to an activating group) is 1. The summed E-state index contributed by atoms with van der Waals surface area (Å²) < 4.78 is 0. The highest BCUT2D eigenvalue weighted by atomic mass is 16.2. The van der Waals surface area contributed by atoms with E-state index < -0.39 is 0 Å². The molecule has 136 valence electrons. The molecule has 1 aromatic rings. The summed E-state index contributed by atoms with van der Waals surface area (Å²) in [5.74, 6) is 0.995. The number of benzene rings is 1. The molecule has 5 nitrogen and oxygen atoms in total. The van der Waals surface area contributed by atoms with Crippen LogP contribution in [0.2, 0.25) is 0 Å². The minimum absolute atomic E-state index is 0.160. The molecule has 0 aliphatic carbocycles. The van der Waals surface area contributed by atoms with Crippen LogP contribution in [-0.4, -0.2) is 80.5 Å². The first kappa shape index (κ1) is 16.9. The summed E-state index contributed by atoms with van der Waals surface area (Å²) in [4.78, 5) is 21.4. The van der Waals surface area contributed by atoms with Crippen LogP contribution in [-0.2, 0) is 6.54 Å². The largest absolute Gasteiger partial charge is 0.372 e. The maximum atomic E-state index is 12.0. The van der Waals surface area contributed by atoms with Gasteiger partial charge in [0.05, 0.1) is 0 Å². The van der Waals surface area contributed by atoms with Crippen LogP contribution in [0.5, 0.6) is 0 Å². The van der Waals surface area contributed by atoms with Crippen LogP contribution in [0.4, 0.5) is 5.69 Å². The summed E-state index contributed by atoms with van der Waals surface area (Å²) in [6.07, 6.45) is 2.56. The first-order valence-corrected chi connectivity index (χ1v) is 9.64. The molecule has 0 unspecified atom stereocenters. The van der Waals surface area contributed by atoms with Gasteiger partial charge in [0.25, 0.3) is 5.91 Å². The van der Waals surface area contributed by atoms with E-state index in [0.717, 1.165) is 31.1 Å². The number of hydrogen-bond donors (Lipinski definition) is 0. The van der Waals surface area contributed by atoms with E-state index in [0.29, 0.717) is 0 Å². The number of carbonyl (C=O) groups is 1. The molecular weight excluding hydrogens is 312 g/mol. The lowest BCUT2D eigenvalue weighted by molar-refractivity contribution is 0.0816. The molecule has 0 spiro atoms. The second-order valence-corrected chi connectivity index (χ2v) is 8.04. The minimum atomic E-state index is 0.160. The van der Waals surface area contributed by atoms with Crippen molar-refractivity contribution in [3.63, 3.8) is 0 Å². The van der Waals surface area contributed by atoms with Crippen LogP contribution in [0.3, 0.4) is 0 Å². The summed E-state index contributed by atoms with van der Waals surface area (Å²) in [7, 11) is 4.10. The number of nitrogens with zero attached hydrogens (tertiary/aromatic N) is 4. The Labute approximate surface area is 151 Å². The third-order valence-corrected chi connectivity index (χ3v) is 6.17. The Kier molecular flexibility index (Phi) is 4.69. The number of hydrogen-bond acceptors (Lipinski definition) is 4. The summed E-state index contributed by atoms with van der Waals surface area (Å²) in [6.45, 7) is 9.17. The fraction of sp³-hybridized carbons (Fsp3) is 0.650. The average Bonchev–Trinajstić information content (AvgIpc) is 2.91. The van der Waals surface area contributed by atoms with Crippen LogP contribution in [0.25, 0.3) is 0 Å². The van der Waals surface area contributed by atoms with Gasteiger partial charge in [-0.3, -0.25) is 4.79 Å². The highest BCUT2D eigenvalue weighted by Gasteiger charge is 2.27. The van der Waals surface area contributed by atoms with Crippen LogP contribution in [0, 0.1) is 5.92 Å². The zero-order valence-corrected chi connectivity index (χ0v) is 15.6. The number of amides is 1. The van der Waals surface area contributed by atoms with E-state index in [1.165, 1.54) is 56.8 Å². The molecule has 0 radical (unpaired) electrons. The topological polar surface area (TPSA) is 30.0 Å². The number of fused-ring (bicyclic) bond motifs is 1. The average molecular weight is 342 g/mol. The van der Waals surface area contributed by atoms with Crippen molar-refractivity contribution in [1.82, 2.24) is 14.7 Å². The van der Waals surface area contributed by atoms with E-state index in [2.05, 4.69) is 33.9 Å². The minimum Gasteiger partial charge on any atom is -0.372 e. The molecule has 4 rings (SSSR count). The normalized spacial score (nSPS) is 23.4. The van der Waals surface area contributed by atoms with Gasteiger partial charge in [-0.05, 0) is 49.6 Å². The van der Waals surface area contributed by atoms with E-state index in [-0.39, 0.29) is 5.91 Å². The smallest absolute Gasteiger partial charge is 0.254 e. The molecule has 25 heavy (non-hydrogen) atoms. The molecule has 1 aromatic carbocycles. The fourth-order valence-electron chi connectivity index (χ4n) is 4.42. The van der Waals surface area contributed by atoms with Gasteiger partial charge in [0.15, 0.2) is 0 Å². The number of carbonyl (C=O) groups excluding carboxylic acids is 1. The molecule has 3 aliphatic heterocycles. The molecule has 0 N–H and O–H groups in total. The fourth-order valence-corrected chi connectivity index (χ4v) is 4.42. The van der Waals surface area contributed by atoms with Crippen molar-refractivity contribution in [3.05, 3.63) is 29.3 Å². The Morgan fingerprint density at radius 3 is 2.44 bits per heavy atom. The lowest BCUT2D eigenvalue weighted by Gasteiger charge is -2.38. The molecular formula is C20H30N4O. The van der Waals surface area contributed by atoms with Crippen molar-refractivity contribution in [1.29, 1.82) is 0 Å². The van der Waals surface area contributed by atoms with E-state index in [4.69, 9.17) is 0 Å². The lowest BCUT2D eigenvalue weighted by atomic mass is 9.95. The van der Waals surface area contributed by atoms with Crippen molar-refractivity contribution < 1.29 is 4.79 Å². The molecule has 0 saturated carbocycles. The Bertz CT molecular complexity index is 631. The highest BCUT2D eigenvalue weighted by molar-refractivity contribution is 5.98. The Balaban J connectivity index is 1.32. The maximum absolute atomic E-state index is 12.0. The molecule has 5 heteroatoms. The van der Waals surface area contributed by atoms with Crippen LogP contribution in [0.15, 0.2) is 18.2 Å². The first-order valence-electron chi connectivity index (χ1n) is 9.64. The molecule has 2 saturated heterocycles. The van der Waals surface area contributed by atoms with Gasteiger partial charge in [0, 0.05) is 70.7 Å². The van der Waals surface area contributed by atoms with Crippen LogP contribution < -0.4 is 4.90 Å². The predicted octanol–water partition coefficient (Wildman–Crippen LogP) is 1.74. The van der Waals surface area contributed by atoms with Crippen LogP contribution in [0.1, 0.15) is 28.8 Å². The summed E-state index contributed by atoms with van der Waals surface area (Å²) in [6, 6.07) is 6.39. The Morgan fingerprint density at radius 1 is 1.00 bits per heavy atom. The van der Waals surface area contributed by atoms with Crippen molar-refractivity contribution in [3.8, 4) is 0 Å². The van der Waals surface area contributed by atoms with E-state index in [1.54, 1.807) is 4.90 Å². The molecule has 3 heterocycles. The zero-order chi connectivity index (χ0) is 17.4. The van der Waals surface area contributed by atoms with Gasteiger partial charge in [0.2, 0.25) is 0 Å². The summed E-state index contributed by atoms with van der Waals surface area (Å²) in [5.41, 5.74) is 3.36. The van der Waals surface area contributed by atoms with Gasteiger partial charge in [-0.1, -0.05) is 0 Å². The zero-order valence-electron chi connectivity index (χ0n) is 15.6. The third-order valence-electron chi connectivity index (χ3n) is 6.17. The van der Waals surface area contributed by atoms with Gasteiger partial charge in [-0.25, -0.2) is 0 Å². The quantitative estimate of drug-likeness (QED) is 0.837. The Morgan fingerprint density at radius 2 is 1.72 bits per heavy atom. The van der Waals surface area contributed by atoms with Gasteiger partial charge in [-0.15, -0.1) is 0 Å². The van der Waals surface area contributed by atoms with Gasteiger partial charge >= 0.3 is 0 Å². The molecule has 1 amide bonds. The molecule has 3 aliphatic rings. The summed E-state index contributed by atoms with van der Waals surface area (Å²) >= 11 is 0. The second kappa shape index (κ2) is 6.96. The molecule has 0 atom stereocenters. The van der Waals surface area contributed by atoms with E-state index in [1.807, 2.05) is 13.1 Å². The van der Waals surface area contributed by atoms with Gasteiger partial charge in [-0.2, -0.15) is 0 Å². The first-order chi connectivity index (χ1) is 12.1. The molecule has 0 bridgehead atoms. The second-order valence-electron chi connectivity index (χ2n) is 8.04. The van der Waals surface area contributed by atoms with Crippen molar-refractivity contribution >= 4 is 11.6 Å². The molecule has 2 fully saturated rings. The number of piperidine rings is 1. The number of piperazine rings is 1. The third kappa shape index (κ3) is 3.53. The van der Waals surface area contributed by atoms with Gasteiger partial charge < -0.3 is 19.6 Å². The van der Waals surface area contributed by atoms with Gasteiger partial charge in [0.1, 0.15) is 0 Å². The number of anilines is 1. The monoisotopic (exact) mass is 342 g/mol. The van der Waals surface area contributed by atoms with Crippen molar-refractivity contribution in [2.24, 2.45) is 5.92 Å². The summed E-state index contributed by atoms with van der Waals surface area (Å²) in [5, 5.41) is 0. The Hall–Kier alpha value is -1.59. The highest BCUT2D eigenvalue weighted by Crippen LogP contribution is 2.29.